The number of hydrogen-bond donors (Lipinski definition) is 0. The van der Waals surface area contributed by atoms with Crippen LogP contribution in [0.2, 0.25) is 0 Å². The van der Waals surface area contributed by atoms with Gasteiger partial charge in [0.1, 0.15) is 0 Å². The monoisotopic (exact) mass is 117 g/mol. The fraction of sp³-hybridized carbons (Fsp3) is 0. The number of nitrogens with zero attached hydrogens (tertiary/aromatic N) is 2. The molecule has 0 saturated heterocycles. The van der Waals surface area contributed by atoms with Crippen LogP contribution in [0.1, 0.15) is 0 Å². The second kappa shape index (κ2) is 1.49. The zero-order chi connectivity index (χ0) is 4.41. The van der Waals surface area contributed by atoms with Gasteiger partial charge in [-0.25, -0.2) is 4.37 Å². The third-order valence-electron chi connectivity index (χ3n) is 0.341. The summed E-state index contributed by atoms with van der Waals surface area (Å²) < 4.78 is 7.31. The Hall–Kier alpha value is -0.220. The van der Waals surface area contributed by atoms with Crippen LogP contribution in [0.15, 0.2) is 11.2 Å². The summed E-state index contributed by atoms with van der Waals surface area (Å²) in [5.41, 5.74) is 0. The van der Waals surface area contributed by atoms with E-state index in [9.17, 15) is 0 Å². The maximum atomic E-state index is 4.58. The van der Waals surface area contributed by atoms with Crippen LogP contribution in [0.25, 0.3) is 0 Å². The summed E-state index contributed by atoms with van der Waals surface area (Å²) >= 11 is 5.72. The van der Waals surface area contributed by atoms with Crippen molar-refractivity contribution in [3.8, 4) is 0 Å². The average Bonchev–Trinajstić information content (AvgIpc) is 1.86. The van der Waals surface area contributed by atoms with Gasteiger partial charge in [-0.15, -0.1) is 0 Å². The van der Waals surface area contributed by atoms with Gasteiger partial charge in [0, 0.05) is 6.20 Å². The molecule has 0 saturated carbocycles. The Bertz CT molecular complexity index is 113. The van der Waals surface area contributed by atoms with Crippen molar-refractivity contribution in [1.82, 2.24) is 8.75 Å². The molecule has 1 aromatic heterocycles. The molecular formula is C2HN2S2-. The fourth-order valence-corrected chi connectivity index (χ4v) is 0.697. The van der Waals surface area contributed by atoms with Crippen LogP contribution in [0.5, 0.6) is 0 Å². The minimum atomic E-state index is 0.583. The average molecular weight is 117 g/mol. The highest BCUT2D eigenvalue weighted by Crippen LogP contribution is 1.88. The Labute approximate surface area is 44.9 Å². The summed E-state index contributed by atoms with van der Waals surface area (Å²) in [4.78, 5) is 0. The third kappa shape index (κ3) is 0.636. The van der Waals surface area contributed by atoms with Gasteiger partial charge < -0.3 is 12.6 Å². The second-order valence-corrected chi connectivity index (χ2v) is 1.72. The molecule has 1 heterocycles. The van der Waals surface area contributed by atoms with Gasteiger partial charge in [0.15, 0.2) is 0 Å². The standard InChI is InChI=1S/C2H2N2S2/c5-2-1-3-6-4-2/h1H,(H,4,5)/p-1. The molecule has 0 bridgehead atoms. The third-order valence-corrected chi connectivity index (χ3v) is 1.13. The van der Waals surface area contributed by atoms with Crippen molar-refractivity contribution >= 4 is 24.4 Å². The molecule has 0 aliphatic rings. The topological polar surface area (TPSA) is 25.8 Å². The van der Waals surface area contributed by atoms with Crippen LogP contribution in [-0.4, -0.2) is 8.75 Å². The summed E-state index contributed by atoms with van der Waals surface area (Å²) in [5.74, 6) is 0. The molecule has 0 spiro atoms. The zero-order valence-electron chi connectivity index (χ0n) is 2.79. The molecule has 1 aromatic rings. The lowest BCUT2D eigenvalue weighted by molar-refractivity contribution is 1.28. The summed E-state index contributed by atoms with van der Waals surface area (Å²) in [6, 6.07) is 0. The van der Waals surface area contributed by atoms with E-state index in [1.165, 1.54) is 0 Å². The first kappa shape index (κ1) is 3.95. The number of hydrogen-bond acceptors (Lipinski definition) is 4. The van der Waals surface area contributed by atoms with Gasteiger partial charge in [-0.05, 0) is 5.03 Å². The summed E-state index contributed by atoms with van der Waals surface area (Å²) in [5, 5.41) is 0.583. The molecule has 1 rings (SSSR count). The first-order valence-corrected chi connectivity index (χ1v) is 2.48. The van der Waals surface area contributed by atoms with E-state index in [2.05, 4.69) is 21.4 Å². The van der Waals surface area contributed by atoms with Crippen LogP contribution in [0.4, 0.5) is 0 Å². The molecule has 0 unspecified atom stereocenters. The second-order valence-electron chi connectivity index (χ2n) is 0.746. The molecule has 0 N–H and O–H groups in total. The van der Waals surface area contributed by atoms with Crippen molar-refractivity contribution in [1.29, 1.82) is 0 Å². The summed E-state index contributed by atoms with van der Waals surface area (Å²) in [6.07, 6.45) is 1.56. The Kier molecular flexibility index (Phi) is 0.979. The van der Waals surface area contributed by atoms with E-state index < -0.39 is 0 Å². The molecule has 0 radical (unpaired) electrons. The Morgan fingerprint density at radius 2 is 2.67 bits per heavy atom. The van der Waals surface area contributed by atoms with Crippen molar-refractivity contribution < 1.29 is 0 Å². The highest BCUT2D eigenvalue weighted by atomic mass is 32.1. The largest absolute Gasteiger partial charge is 0.758 e. The predicted molar refractivity (Wildman–Crippen MR) is 25.5 cm³/mol. The van der Waals surface area contributed by atoms with Crippen molar-refractivity contribution in [2.24, 2.45) is 0 Å². The summed E-state index contributed by atoms with van der Waals surface area (Å²) in [7, 11) is 0. The molecule has 4 heteroatoms. The Morgan fingerprint density at radius 3 is 2.83 bits per heavy atom. The van der Waals surface area contributed by atoms with E-state index in [-0.39, 0.29) is 0 Å². The van der Waals surface area contributed by atoms with Gasteiger partial charge in [0.25, 0.3) is 0 Å². The van der Waals surface area contributed by atoms with E-state index in [1.807, 2.05) is 0 Å². The van der Waals surface area contributed by atoms with E-state index in [1.54, 1.807) is 6.20 Å². The zero-order valence-corrected chi connectivity index (χ0v) is 4.42. The lowest BCUT2D eigenvalue weighted by Gasteiger charge is -1.85. The van der Waals surface area contributed by atoms with Gasteiger partial charge in [-0.3, -0.25) is 0 Å². The molecular weight excluding hydrogens is 116 g/mol. The first-order valence-electron chi connectivity index (χ1n) is 1.34. The van der Waals surface area contributed by atoms with Crippen LogP contribution < -0.4 is 0 Å². The lowest BCUT2D eigenvalue weighted by atomic mass is 11.0. The minimum absolute atomic E-state index is 0.583. The molecule has 0 fully saturated rings. The molecule has 0 amide bonds. The van der Waals surface area contributed by atoms with E-state index >= 15 is 0 Å². The smallest absolute Gasteiger partial charge is 0.0663 e. The Morgan fingerprint density at radius 1 is 1.83 bits per heavy atom. The minimum Gasteiger partial charge on any atom is -0.758 e. The van der Waals surface area contributed by atoms with Crippen LogP contribution >= 0.6 is 11.7 Å². The highest BCUT2D eigenvalue weighted by molar-refractivity contribution is 7.58. The molecule has 2 nitrogen and oxygen atoms in total. The van der Waals surface area contributed by atoms with Gasteiger partial charge in [0.05, 0.1) is 11.7 Å². The van der Waals surface area contributed by atoms with E-state index in [0.29, 0.717) is 5.03 Å². The van der Waals surface area contributed by atoms with Crippen molar-refractivity contribution in [2.45, 2.75) is 5.03 Å². The van der Waals surface area contributed by atoms with Gasteiger partial charge >= 0.3 is 0 Å². The van der Waals surface area contributed by atoms with E-state index in [4.69, 9.17) is 0 Å². The van der Waals surface area contributed by atoms with Gasteiger partial charge in [0.2, 0.25) is 0 Å². The van der Waals surface area contributed by atoms with Crippen molar-refractivity contribution in [3.63, 3.8) is 0 Å². The van der Waals surface area contributed by atoms with Crippen LogP contribution in [-0.2, 0) is 12.6 Å². The van der Waals surface area contributed by atoms with Gasteiger partial charge in [-0.2, -0.15) is 4.37 Å². The van der Waals surface area contributed by atoms with Gasteiger partial charge in [-0.1, -0.05) is 0 Å². The molecule has 0 aliphatic heterocycles. The number of rotatable bonds is 0. The maximum Gasteiger partial charge on any atom is 0.0663 e. The SMILES string of the molecule is [S-]c1cnsn1. The first-order chi connectivity index (χ1) is 2.89. The molecule has 0 aliphatic carbocycles. The molecule has 0 atom stereocenters. The van der Waals surface area contributed by atoms with Crippen molar-refractivity contribution in [3.05, 3.63) is 6.20 Å². The Balaban J connectivity index is 3.05. The van der Waals surface area contributed by atoms with Crippen LogP contribution in [0, 0.1) is 0 Å². The van der Waals surface area contributed by atoms with Crippen LogP contribution in [0.3, 0.4) is 0 Å². The number of aromatic nitrogens is 2. The maximum absolute atomic E-state index is 4.58. The quantitative estimate of drug-likeness (QED) is 0.461. The predicted octanol–water partition coefficient (Wildman–Crippen LogP) is 0.444. The normalized spacial score (nSPS) is 8.67. The fourth-order valence-electron chi connectivity index (χ4n) is 0.156. The molecule has 32 valence electrons. The highest BCUT2D eigenvalue weighted by Gasteiger charge is 1.68. The van der Waals surface area contributed by atoms with Crippen molar-refractivity contribution in [2.75, 3.05) is 0 Å². The molecule has 6 heavy (non-hydrogen) atoms. The lowest BCUT2D eigenvalue weighted by Crippen LogP contribution is -1.57. The van der Waals surface area contributed by atoms with E-state index in [0.717, 1.165) is 11.7 Å². The summed E-state index contributed by atoms with van der Waals surface area (Å²) in [6.45, 7) is 0. The molecule has 0 aromatic carbocycles.